The van der Waals surface area contributed by atoms with Crippen LogP contribution in [0.15, 0.2) is 114 Å². The van der Waals surface area contributed by atoms with Crippen LogP contribution in [0.1, 0.15) is 31.9 Å². The SMILES string of the molecule is COc1ccccc1Oc1c(NS(=O)(=O)c2ccc(C(C)(C)C)cc2)nc(-c2ncccn2)nc1OCC(=O)NCc1cccc2ccccc12. The molecule has 0 spiro atoms. The molecule has 1 amide bonds. The van der Waals surface area contributed by atoms with E-state index in [0.717, 1.165) is 21.9 Å². The van der Waals surface area contributed by atoms with Crippen molar-refractivity contribution >= 4 is 32.5 Å². The van der Waals surface area contributed by atoms with Crippen molar-refractivity contribution in [3.63, 3.8) is 0 Å². The first kappa shape index (κ1) is 34.8. The lowest BCUT2D eigenvalue weighted by Crippen LogP contribution is -2.28. The number of carbonyl (C=O) groups is 1. The fourth-order valence-electron chi connectivity index (χ4n) is 5.16. The largest absolute Gasteiger partial charge is 0.493 e. The van der Waals surface area contributed by atoms with E-state index in [2.05, 4.69) is 30.0 Å². The van der Waals surface area contributed by atoms with Crippen LogP contribution in [0.4, 0.5) is 5.82 Å². The monoisotopic (exact) mass is 704 g/mol. The minimum atomic E-state index is -4.24. The van der Waals surface area contributed by atoms with Crippen molar-refractivity contribution in [2.45, 2.75) is 37.6 Å². The first-order valence-corrected chi connectivity index (χ1v) is 17.5. The fraction of sp³-hybridized carbons (Fsp3) is 0.184. The summed E-state index contributed by atoms with van der Waals surface area (Å²) in [5, 5.41) is 4.95. The highest BCUT2D eigenvalue weighted by molar-refractivity contribution is 7.92. The lowest BCUT2D eigenvalue weighted by molar-refractivity contribution is -0.123. The summed E-state index contributed by atoms with van der Waals surface area (Å²) in [5.74, 6) is -0.606. The number of para-hydroxylation sites is 2. The molecule has 13 heteroatoms. The Labute approximate surface area is 296 Å². The number of hydrogen-bond acceptors (Lipinski definition) is 10. The first-order chi connectivity index (χ1) is 24.5. The van der Waals surface area contributed by atoms with E-state index in [-0.39, 0.29) is 51.7 Å². The van der Waals surface area contributed by atoms with Gasteiger partial charge in [0.2, 0.25) is 11.6 Å². The third-order valence-corrected chi connectivity index (χ3v) is 9.19. The van der Waals surface area contributed by atoms with Gasteiger partial charge in [-0.25, -0.2) is 23.4 Å². The lowest BCUT2D eigenvalue weighted by atomic mass is 9.87. The van der Waals surface area contributed by atoms with Crippen molar-refractivity contribution in [1.82, 2.24) is 25.3 Å². The van der Waals surface area contributed by atoms with Gasteiger partial charge in [0.15, 0.2) is 29.7 Å². The molecule has 0 atom stereocenters. The fourth-order valence-corrected chi connectivity index (χ4v) is 6.17. The van der Waals surface area contributed by atoms with Gasteiger partial charge >= 0.3 is 0 Å². The van der Waals surface area contributed by atoms with Crippen LogP contribution in [0.3, 0.4) is 0 Å². The van der Waals surface area contributed by atoms with Crippen LogP contribution >= 0.6 is 0 Å². The number of benzene rings is 4. The van der Waals surface area contributed by atoms with Gasteiger partial charge in [-0.05, 0) is 57.6 Å². The zero-order valence-electron chi connectivity index (χ0n) is 28.5. The molecule has 2 aromatic heterocycles. The van der Waals surface area contributed by atoms with E-state index in [1.54, 1.807) is 42.5 Å². The second-order valence-corrected chi connectivity index (χ2v) is 14.1. The summed E-state index contributed by atoms with van der Waals surface area (Å²) in [6, 6.07) is 28.7. The average Bonchev–Trinajstić information content (AvgIpc) is 3.14. The molecule has 0 unspecified atom stereocenters. The Morgan fingerprint density at radius 3 is 2.20 bits per heavy atom. The number of nitrogens with one attached hydrogen (secondary N) is 2. The predicted octanol–water partition coefficient (Wildman–Crippen LogP) is 6.68. The molecule has 2 N–H and O–H groups in total. The summed E-state index contributed by atoms with van der Waals surface area (Å²) in [5.41, 5.74) is 1.71. The topological polar surface area (TPSA) is 155 Å². The zero-order valence-corrected chi connectivity index (χ0v) is 29.3. The second kappa shape index (κ2) is 14.8. The molecule has 6 aromatic rings. The summed E-state index contributed by atoms with van der Waals surface area (Å²) >= 11 is 0. The van der Waals surface area contributed by atoms with Crippen molar-refractivity contribution in [3.8, 4) is 34.8 Å². The molecule has 260 valence electrons. The Morgan fingerprint density at radius 1 is 0.784 bits per heavy atom. The van der Waals surface area contributed by atoms with Gasteiger partial charge in [0.05, 0.1) is 12.0 Å². The summed E-state index contributed by atoms with van der Waals surface area (Å²) < 4.78 is 47.9. The summed E-state index contributed by atoms with van der Waals surface area (Å²) in [4.78, 5) is 30.6. The van der Waals surface area contributed by atoms with E-state index in [1.807, 2.05) is 63.2 Å². The average molecular weight is 705 g/mol. The second-order valence-electron chi connectivity index (χ2n) is 12.4. The number of nitrogens with zero attached hydrogens (tertiary/aromatic N) is 4. The van der Waals surface area contributed by atoms with Gasteiger partial charge in [0, 0.05) is 18.9 Å². The Balaban J connectivity index is 1.37. The van der Waals surface area contributed by atoms with Crippen LogP contribution in [0.2, 0.25) is 0 Å². The van der Waals surface area contributed by atoms with Crippen molar-refractivity contribution in [3.05, 3.63) is 121 Å². The normalized spacial score (nSPS) is 11.5. The zero-order chi connectivity index (χ0) is 36.0. The molecule has 6 rings (SSSR count). The van der Waals surface area contributed by atoms with Gasteiger partial charge in [-0.2, -0.15) is 4.98 Å². The van der Waals surface area contributed by atoms with Crippen LogP contribution in [0.5, 0.6) is 23.1 Å². The number of carbonyl (C=O) groups excluding carboxylic acids is 1. The van der Waals surface area contributed by atoms with Crippen LogP contribution < -0.4 is 24.2 Å². The molecule has 51 heavy (non-hydrogen) atoms. The first-order valence-electron chi connectivity index (χ1n) is 16.0. The van der Waals surface area contributed by atoms with Crippen molar-refractivity contribution in [2.75, 3.05) is 18.4 Å². The predicted molar refractivity (Wildman–Crippen MR) is 193 cm³/mol. The van der Waals surface area contributed by atoms with Crippen molar-refractivity contribution < 1.29 is 27.4 Å². The van der Waals surface area contributed by atoms with Crippen molar-refractivity contribution in [2.24, 2.45) is 0 Å². The molecular formula is C38H36N6O6S. The van der Waals surface area contributed by atoms with E-state index in [1.165, 1.54) is 31.6 Å². The minimum Gasteiger partial charge on any atom is -0.493 e. The Bertz CT molecular complexity index is 2270. The van der Waals surface area contributed by atoms with Gasteiger partial charge in [-0.1, -0.05) is 87.5 Å². The molecule has 12 nitrogen and oxygen atoms in total. The molecule has 2 heterocycles. The number of sulfonamides is 1. The van der Waals surface area contributed by atoms with Crippen LogP contribution in [0, 0.1) is 0 Å². The summed E-state index contributed by atoms with van der Waals surface area (Å²) in [7, 11) is -2.77. The van der Waals surface area contributed by atoms with Crippen LogP contribution in [-0.4, -0.2) is 48.0 Å². The molecule has 0 radical (unpaired) electrons. The number of rotatable bonds is 12. The molecule has 0 aliphatic heterocycles. The molecule has 4 aromatic carbocycles. The smallest absolute Gasteiger partial charge is 0.264 e. The molecule has 0 bridgehead atoms. The number of methoxy groups -OCH3 is 1. The molecule has 0 saturated carbocycles. The van der Waals surface area contributed by atoms with Gasteiger partial charge in [0.1, 0.15) is 0 Å². The maximum Gasteiger partial charge on any atom is 0.264 e. The van der Waals surface area contributed by atoms with Gasteiger partial charge in [-0.3, -0.25) is 9.52 Å². The number of ether oxygens (including phenoxy) is 3. The number of amides is 1. The molecular weight excluding hydrogens is 669 g/mol. The third kappa shape index (κ3) is 8.22. The van der Waals surface area contributed by atoms with E-state index in [9.17, 15) is 13.2 Å². The lowest BCUT2D eigenvalue weighted by Gasteiger charge is -2.20. The standard InChI is InChI=1S/C38H36N6O6S/c1-38(2,3)27-17-19-28(20-18-27)51(46,47)44-34-33(50-31-16-8-7-15-30(31)48-4)37(43-36(42-34)35-39-21-10-22-40-35)49-24-32(45)41-23-26-13-9-12-25-11-5-6-14-29(25)26/h5-22H,23-24H2,1-4H3,(H,41,45)(H,42,43,44). The summed E-state index contributed by atoms with van der Waals surface area (Å²) in [6.45, 7) is 5.88. The van der Waals surface area contributed by atoms with Gasteiger partial charge in [0.25, 0.3) is 21.8 Å². The highest BCUT2D eigenvalue weighted by atomic mass is 32.2. The number of aromatic nitrogens is 4. The number of anilines is 1. The third-order valence-electron chi connectivity index (χ3n) is 7.84. The maximum absolute atomic E-state index is 13.8. The summed E-state index contributed by atoms with van der Waals surface area (Å²) in [6.07, 6.45) is 2.99. The minimum absolute atomic E-state index is 0.00912. The Morgan fingerprint density at radius 2 is 1.47 bits per heavy atom. The van der Waals surface area contributed by atoms with Crippen molar-refractivity contribution in [1.29, 1.82) is 0 Å². The Kier molecular flexibility index (Phi) is 10.1. The highest BCUT2D eigenvalue weighted by Crippen LogP contribution is 2.41. The number of hydrogen-bond donors (Lipinski definition) is 2. The molecule has 0 fully saturated rings. The molecule has 0 saturated heterocycles. The van der Waals surface area contributed by atoms with Gasteiger partial charge < -0.3 is 19.5 Å². The van der Waals surface area contributed by atoms with Crippen LogP contribution in [-0.2, 0) is 26.8 Å². The maximum atomic E-state index is 13.8. The number of fused-ring (bicyclic) bond motifs is 1. The quantitative estimate of drug-likeness (QED) is 0.141. The molecule has 0 aliphatic rings. The van der Waals surface area contributed by atoms with E-state index in [4.69, 9.17) is 14.2 Å². The van der Waals surface area contributed by atoms with E-state index in [0.29, 0.717) is 5.75 Å². The Hall–Kier alpha value is -6.08. The van der Waals surface area contributed by atoms with Crippen LogP contribution in [0.25, 0.3) is 22.4 Å². The molecule has 0 aliphatic carbocycles. The highest BCUT2D eigenvalue weighted by Gasteiger charge is 2.27. The van der Waals surface area contributed by atoms with E-state index >= 15 is 0 Å². The van der Waals surface area contributed by atoms with E-state index < -0.39 is 22.5 Å². The van der Waals surface area contributed by atoms with Gasteiger partial charge in [-0.15, -0.1) is 0 Å².